The summed E-state index contributed by atoms with van der Waals surface area (Å²) in [5.74, 6) is 1.16. The quantitative estimate of drug-likeness (QED) is 0.638. The molecule has 0 bridgehead atoms. The van der Waals surface area contributed by atoms with Crippen molar-refractivity contribution < 1.29 is 4.79 Å². The van der Waals surface area contributed by atoms with Gasteiger partial charge in [-0.25, -0.2) is 4.98 Å². The Bertz CT molecular complexity index is 845. The summed E-state index contributed by atoms with van der Waals surface area (Å²) in [6.45, 7) is 12.4. The highest BCUT2D eigenvalue weighted by atomic mass is 16.2. The van der Waals surface area contributed by atoms with E-state index in [9.17, 15) is 4.79 Å². The fourth-order valence-electron chi connectivity index (χ4n) is 4.52. The first-order valence-corrected chi connectivity index (χ1v) is 11.9. The number of aryl methyl sites for hydroxylation is 1. The molecule has 4 rings (SSSR count). The summed E-state index contributed by atoms with van der Waals surface area (Å²) in [6, 6.07) is 14.8. The number of anilines is 2. The van der Waals surface area contributed by atoms with E-state index >= 15 is 0 Å². The van der Waals surface area contributed by atoms with E-state index in [-0.39, 0.29) is 5.91 Å². The first-order chi connectivity index (χ1) is 15.7. The summed E-state index contributed by atoms with van der Waals surface area (Å²) in [6.07, 6.45) is 2.84. The third-order valence-corrected chi connectivity index (χ3v) is 6.43. The van der Waals surface area contributed by atoms with Crippen LogP contribution < -0.4 is 15.1 Å². The molecule has 1 N–H and O–H groups in total. The molecule has 1 aromatic carbocycles. The molecule has 0 atom stereocenters. The lowest BCUT2D eigenvalue weighted by atomic mass is 10.2. The molecule has 0 radical (unpaired) electrons. The number of amides is 1. The Hall–Kier alpha value is -2.64. The van der Waals surface area contributed by atoms with Crippen LogP contribution in [0.4, 0.5) is 11.5 Å². The smallest absolute Gasteiger partial charge is 0.234 e. The molecule has 7 nitrogen and oxygen atoms in total. The van der Waals surface area contributed by atoms with E-state index in [1.807, 2.05) is 24.4 Å². The molecule has 0 unspecified atom stereocenters. The van der Waals surface area contributed by atoms with Crippen LogP contribution in [0.15, 0.2) is 48.7 Å². The second-order valence-electron chi connectivity index (χ2n) is 8.82. The Kier molecular flexibility index (Phi) is 7.96. The first-order valence-electron chi connectivity index (χ1n) is 11.9. The summed E-state index contributed by atoms with van der Waals surface area (Å²) in [5.41, 5.74) is 2.65. The van der Waals surface area contributed by atoms with Crippen molar-refractivity contribution in [3.05, 3.63) is 54.2 Å². The van der Waals surface area contributed by atoms with Crippen molar-refractivity contribution in [2.75, 3.05) is 81.8 Å². The zero-order valence-corrected chi connectivity index (χ0v) is 19.2. The van der Waals surface area contributed by atoms with Crippen LogP contribution in [0.25, 0.3) is 0 Å². The van der Waals surface area contributed by atoms with Crippen molar-refractivity contribution >= 4 is 17.4 Å². The first kappa shape index (κ1) is 22.6. The van der Waals surface area contributed by atoms with E-state index in [1.165, 1.54) is 11.3 Å². The monoisotopic (exact) mass is 436 g/mol. The van der Waals surface area contributed by atoms with Crippen LogP contribution in [-0.2, 0) is 4.79 Å². The van der Waals surface area contributed by atoms with Gasteiger partial charge in [0.2, 0.25) is 5.91 Å². The van der Waals surface area contributed by atoms with Gasteiger partial charge in [-0.15, -0.1) is 0 Å². The van der Waals surface area contributed by atoms with E-state index in [4.69, 9.17) is 0 Å². The minimum absolute atomic E-state index is 0.139. The average Bonchev–Trinajstić information content (AvgIpc) is 2.83. The molecule has 3 heterocycles. The van der Waals surface area contributed by atoms with E-state index in [0.717, 1.165) is 77.7 Å². The number of hydrogen-bond acceptors (Lipinski definition) is 6. The zero-order valence-electron chi connectivity index (χ0n) is 19.2. The summed E-state index contributed by atoms with van der Waals surface area (Å²) in [4.78, 5) is 26.3. The number of carbonyl (C=O) groups is 1. The molecular formula is C25H36N6O. The van der Waals surface area contributed by atoms with Crippen molar-refractivity contribution in [1.82, 2.24) is 20.1 Å². The predicted octanol–water partition coefficient (Wildman–Crippen LogP) is 1.84. The van der Waals surface area contributed by atoms with Crippen molar-refractivity contribution in [2.45, 2.75) is 13.3 Å². The lowest BCUT2D eigenvalue weighted by Gasteiger charge is -2.36. The minimum Gasteiger partial charge on any atom is -0.369 e. The van der Waals surface area contributed by atoms with Crippen LogP contribution in [0.1, 0.15) is 12.0 Å². The van der Waals surface area contributed by atoms with Crippen LogP contribution in [0.5, 0.6) is 0 Å². The number of hydrogen-bond donors (Lipinski definition) is 1. The van der Waals surface area contributed by atoms with Gasteiger partial charge in [-0.2, -0.15) is 0 Å². The molecule has 32 heavy (non-hydrogen) atoms. The maximum absolute atomic E-state index is 12.3. The summed E-state index contributed by atoms with van der Waals surface area (Å²) >= 11 is 0. The maximum Gasteiger partial charge on any atom is 0.234 e. The number of pyridine rings is 1. The van der Waals surface area contributed by atoms with Crippen molar-refractivity contribution in [1.29, 1.82) is 0 Å². The minimum atomic E-state index is 0.139. The number of nitrogens with one attached hydrogen (secondary N) is 1. The van der Waals surface area contributed by atoms with Crippen molar-refractivity contribution in [3.8, 4) is 0 Å². The highest BCUT2D eigenvalue weighted by molar-refractivity contribution is 5.78. The Morgan fingerprint density at radius 3 is 2.38 bits per heavy atom. The number of benzene rings is 1. The second-order valence-corrected chi connectivity index (χ2v) is 8.82. The van der Waals surface area contributed by atoms with E-state index < -0.39 is 0 Å². The molecule has 0 spiro atoms. The van der Waals surface area contributed by atoms with Gasteiger partial charge in [0.05, 0.1) is 6.54 Å². The molecule has 2 fully saturated rings. The van der Waals surface area contributed by atoms with Crippen molar-refractivity contribution in [2.24, 2.45) is 0 Å². The fourth-order valence-corrected chi connectivity index (χ4v) is 4.52. The van der Waals surface area contributed by atoms with Crippen LogP contribution in [-0.4, -0.2) is 92.7 Å². The van der Waals surface area contributed by atoms with Crippen LogP contribution in [0.2, 0.25) is 0 Å². The number of piperazine rings is 2. The van der Waals surface area contributed by atoms with Gasteiger partial charge in [0, 0.05) is 70.8 Å². The molecule has 2 aliphatic rings. The Balaban J connectivity index is 1.07. The van der Waals surface area contributed by atoms with Gasteiger partial charge in [-0.05, 0) is 49.7 Å². The van der Waals surface area contributed by atoms with Crippen LogP contribution >= 0.6 is 0 Å². The molecule has 7 heteroatoms. The highest BCUT2D eigenvalue weighted by Gasteiger charge is 2.20. The number of nitrogens with zero attached hydrogens (tertiary/aromatic N) is 5. The fraction of sp³-hybridized carbons (Fsp3) is 0.520. The molecule has 2 aromatic rings. The third kappa shape index (κ3) is 6.43. The van der Waals surface area contributed by atoms with Crippen molar-refractivity contribution in [3.63, 3.8) is 0 Å². The SMILES string of the molecule is Cc1cccc(N2CCN(CCCNC(=O)CN3CCN(c4ccccn4)CC3)CC2)c1. The molecule has 172 valence electrons. The molecule has 2 saturated heterocycles. The third-order valence-electron chi connectivity index (χ3n) is 6.43. The number of carbonyl (C=O) groups excluding carboxylic acids is 1. The lowest BCUT2D eigenvalue weighted by molar-refractivity contribution is -0.122. The molecule has 0 aliphatic carbocycles. The summed E-state index contributed by atoms with van der Waals surface area (Å²) < 4.78 is 0. The van der Waals surface area contributed by atoms with Gasteiger partial charge in [0.1, 0.15) is 5.82 Å². The average molecular weight is 437 g/mol. The van der Waals surface area contributed by atoms with E-state index in [2.05, 4.69) is 61.1 Å². The Morgan fingerprint density at radius 2 is 1.66 bits per heavy atom. The van der Waals surface area contributed by atoms with Gasteiger partial charge in [-0.1, -0.05) is 18.2 Å². The predicted molar refractivity (Wildman–Crippen MR) is 130 cm³/mol. The normalized spacial score (nSPS) is 18.0. The van der Waals surface area contributed by atoms with Gasteiger partial charge in [-0.3, -0.25) is 14.6 Å². The highest BCUT2D eigenvalue weighted by Crippen LogP contribution is 2.18. The maximum atomic E-state index is 12.3. The second kappa shape index (κ2) is 11.3. The number of aromatic nitrogens is 1. The van der Waals surface area contributed by atoms with Crippen LogP contribution in [0.3, 0.4) is 0 Å². The van der Waals surface area contributed by atoms with E-state index in [1.54, 1.807) is 0 Å². The largest absolute Gasteiger partial charge is 0.369 e. The number of rotatable bonds is 8. The summed E-state index contributed by atoms with van der Waals surface area (Å²) in [7, 11) is 0. The lowest BCUT2D eigenvalue weighted by Crippen LogP contribution is -2.50. The molecule has 0 saturated carbocycles. The van der Waals surface area contributed by atoms with Crippen LogP contribution in [0, 0.1) is 6.92 Å². The van der Waals surface area contributed by atoms with Gasteiger partial charge >= 0.3 is 0 Å². The van der Waals surface area contributed by atoms with E-state index in [0.29, 0.717) is 6.54 Å². The van der Waals surface area contributed by atoms with Gasteiger partial charge < -0.3 is 15.1 Å². The standard InChI is InChI=1S/C25H36N6O/c1-22-6-4-7-23(20-22)30-16-12-28(13-17-30)11-5-10-27-25(32)21-29-14-18-31(19-15-29)24-8-2-3-9-26-24/h2-4,6-9,20H,5,10-19,21H2,1H3,(H,27,32). The van der Waals surface area contributed by atoms with Gasteiger partial charge in [0.25, 0.3) is 0 Å². The molecule has 1 aromatic heterocycles. The van der Waals surface area contributed by atoms with Gasteiger partial charge in [0.15, 0.2) is 0 Å². The molecular weight excluding hydrogens is 400 g/mol. The summed E-state index contributed by atoms with van der Waals surface area (Å²) in [5, 5.41) is 3.11. The Morgan fingerprint density at radius 1 is 0.906 bits per heavy atom. The Labute approximate surface area is 192 Å². The topological polar surface area (TPSA) is 55.0 Å². The molecule has 2 aliphatic heterocycles. The molecule has 1 amide bonds. The zero-order chi connectivity index (χ0) is 22.2.